The number of carbonyl (C=O) groups is 1. The highest BCUT2D eigenvalue weighted by molar-refractivity contribution is 5.70. The van der Waals surface area contributed by atoms with E-state index in [0.717, 1.165) is 6.42 Å². The molecule has 0 aromatic rings. The van der Waals surface area contributed by atoms with Gasteiger partial charge in [-0.2, -0.15) is 0 Å². The zero-order valence-corrected chi connectivity index (χ0v) is 22.4. The summed E-state index contributed by atoms with van der Waals surface area (Å²) >= 11 is 0. The SMILES string of the molecule is CCCCCCCCCCC(CCCCCCCC)CCOC(=O)COCCOCCOC. The molecule has 0 aromatic carbocycles. The molecule has 0 fully saturated rings. The van der Waals surface area contributed by atoms with E-state index in [9.17, 15) is 4.79 Å². The Morgan fingerprint density at radius 2 is 1.06 bits per heavy atom. The Balaban J connectivity index is 3.94. The third kappa shape index (κ3) is 25.8. The molecule has 0 rings (SSSR count). The summed E-state index contributed by atoms with van der Waals surface area (Å²) in [6.45, 7) is 7.05. The van der Waals surface area contributed by atoms with Gasteiger partial charge in [0.05, 0.1) is 33.0 Å². The molecule has 0 spiro atoms. The second-order valence-corrected chi connectivity index (χ2v) is 9.35. The van der Waals surface area contributed by atoms with Crippen molar-refractivity contribution in [3.63, 3.8) is 0 Å². The standard InChI is InChI=1S/C28H56O5/c1-4-6-8-10-12-13-15-17-19-27(18-16-14-11-9-7-5-2)20-21-33-28(29)26-32-25-24-31-23-22-30-3/h27H,4-26H2,1-3H3. The summed E-state index contributed by atoms with van der Waals surface area (Å²) in [6, 6.07) is 0. The maximum absolute atomic E-state index is 11.9. The molecule has 0 heterocycles. The van der Waals surface area contributed by atoms with Crippen molar-refractivity contribution < 1.29 is 23.7 Å². The van der Waals surface area contributed by atoms with Crippen molar-refractivity contribution in [1.29, 1.82) is 0 Å². The Kier molecular flexibility index (Phi) is 27.0. The van der Waals surface area contributed by atoms with E-state index in [2.05, 4.69) is 13.8 Å². The van der Waals surface area contributed by atoms with Crippen LogP contribution < -0.4 is 0 Å². The molecule has 198 valence electrons. The molecule has 0 amide bonds. The van der Waals surface area contributed by atoms with Crippen LogP contribution in [-0.2, 0) is 23.7 Å². The van der Waals surface area contributed by atoms with Crippen LogP contribution in [0.3, 0.4) is 0 Å². The Hall–Kier alpha value is -0.650. The molecule has 5 nitrogen and oxygen atoms in total. The second kappa shape index (κ2) is 27.6. The van der Waals surface area contributed by atoms with Gasteiger partial charge in [-0.3, -0.25) is 0 Å². The molecular weight excluding hydrogens is 416 g/mol. The summed E-state index contributed by atoms with van der Waals surface area (Å²) < 4.78 is 21.0. The average molecular weight is 473 g/mol. The Bertz CT molecular complexity index is 388. The zero-order valence-electron chi connectivity index (χ0n) is 22.4. The Morgan fingerprint density at radius 1 is 0.576 bits per heavy atom. The third-order valence-electron chi connectivity index (χ3n) is 6.24. The third-order valence-corrected chi connectivity index (χ3v) is 6.24. The van der Waals surface area contributed by atoms with E-state index in [-0.39, 0.29) is 12.6 Å². The van der Waals surface area contributed by atoms with Gasteiger partial charge >= 0.3 is 5.97 Å². The first-order chi connectivity index (χ1) is 16.2. The minimum atomic E-state index is -0.266. The maximum atomic E-state index is 11.9. The van der Waals surface area contributed by atoms with Crippen molar-refractivity contribution in [3.05, 3.63) is 0 Å². The van der Waals surface area contributed by atoms with Crippen LogP contribution >= 0.6 is 0 Å². The van der Waals surface area contributed by atoms with Crippen molar-refractivity contribution in [1.82, 2.24) is 0 Å². The Morgan fingerprint density at radius 3 is 1.61 bits per heavy atom. The van der Waals surface area contributed by atoms with E-state index in [1.54, 1.807) is 7.11 Å². The van der Waals surface area contributed by atoms with E-state index in [1.165, 1.54) is 103 Å². The fourth-order valence-corrected chi connectivity index (χ4v) is 4.11. The number of hydrogen-bond acceptors (Lipinski definition) is 5. The fourth-order valence-electron chi connectivity index (χ4n) is 4.11. The van der Waals surface area contributed by atoms with Crippen LogP contribution in [0.15, 0.2) is 0 Å². The van der Waals surface area contributed by atoms with Crippen LogP contribution in [0.4, 0.5) is 0 Å². The van der Waals surface area contributed by atoms with Gasteiger partial charge in [0.15, 0.2) is 0 Å². The molecule has 0 bridgehead atoms. The van der Waals surface area contributed by atoms with Crippen molar-refractivity contribution >= 4 is 5.97 Å². The molecule has 0 radical (unpaired) electrons. The van der Waals surface area contributed by atoms with Gasteiger partial charge in [0.2, 0.25) is 0 Å². The van der Waals surface area contributed by atoms with Gasteiger partial charge in [-0.15, -0.1) is 0 Å². The van der Waals surface area contributed by atoms with E-state index in [1.807, 2.05) is 0 Å². The minimum absolute atomic E-state index is 0.00770. The van der Waals surface area contributed by atoms with Gasteiger partial charge in [0.25, 0.3) is 0 Å². The van der Waals surface area contributed by atoms with Gasteiger partial charge in [-0.25, -0.2) is 4.79 Å². The number of methoxy groups -OCH3 is 1. The minimum Gasteiger partial charge on any atom is -0.464 e. The summed E-state index contributed by atoms with van der Waals surface area (Å²) in [5, 5.41) is 0. The number of rotatable bonds is 27. The zero-order chi connectivity index (χ0) is 24.2. The summed E-state index contributed by atoms with van der Waals surface area (Å²) in [5.74, 6) is 0.413. The lowest BCUT2D eigenvalue weighted by Crippen LogP contribution is -2.17. The molecule has 0 aliphatic heterocycles. The lowest BCUT2D eigenvalue weighted by Gasteiger charge is -2.17. The van der Waals surface area contributed by atoms with Crippen molar-refractivity contribution in [3.8, 4) is 0 Å². The molecule has 0 saturated carbocycles. The quantitative estimate of drug-likeness (QED) is 0.0915. The first kappa shape index (κ1) is 32.4. The molecule has 0 aliphatic rings. The lowest BCUT2D eigenvalue weighted by atomic mass is 9.91. The molecule has 0 aromatic heterocycles. The molecule has 1 atom stereocenters. The lowest BCUT2D eigenvalue weighted by molar-refractivity contribution is -0.149. The molecule has 0 aliphatic carbocycles. The Labute approximate surface area is 205 Å². The molecule has 33 heavy (non-hydrogen) atoms. The van der Waals surface area contributed by atoms with E-state index in [0.29, 0.717) is 39.0 Å². The first-order valence-electron chi connectivity index (χ1n) is 14.0. The topological polar surface area (TPSA) is 54.0 Å². The average Bonchev–Trinajstić information content (AvgIpc) is 2.82. The molecule has 0 N–H and O–H groups in total. The van der Waals surface area contributed by atoms with Crippen LogP contribution in [0.25, 0.3) is 0 Å². The summed E-state index contributed by atoms with van der Waals surface area (Å²) in [7, 11) is 1.64. The number of carbonyl (C=O) groups excluding carboxylic acids is 1. The molecule has 5 heteroatoms. The van der Waals surface area contributed by atoms with E-state index < -0.39 is 0 Å². The smallest absolute Gasteiger partial charge is 0.332 e. The van der Waals surface area contributed by atoms with Crippen LogP contribution in [0.2, 0.25) is 0 Å². The summed E-state index contributed by atoms with van der Waals surface area (Å²) in [6.07, 6.45) is 22.5. The largest absolute Gasteiger partial charge is 0.464 e. The van der Waals surface area contributed by atoms with Crippen molar-refractivity contribution in [2.75, 3.05) is 46.8 Å². The summed E-state index contributed by atoms with van der Waals surface area (Å²) in [4.78, 5) is 11.9. The predicted octanol–water partition coefficient (Wildman–Crippen LogP) is 7.50. The number of unbranched alkanes of at least 4 members (excludes halogenated alkanes) is 12. The molecule has 0 saturated heterocycles. The molecule has 1 unspecified atom stereocenters. The first-order valence-corrected chi connectivity index (χ1v) is 14.0. The monoisotopic (exact) mass is 472 g/mol. The van der Waals surface area contributed by atoms with Gasteiger partial charge in [0.1, 0.15) is 6.61 Å². The van der Waals surface area contributed by atoms with Gasteiger partial charge in [-0.1, -0.05) is 117 Å². The van der Waals surface area contributed by atoms with Crippen LogP contribution in [0.5, 0.6) is 0 Å². The van der Waals surface area contributed by atoms with Crippen LogP contribution in [0, 0.1) is 5.92 Å². The fraction of sp³-hybridized carbons (Fsp3) is 0.964. The van der Waals surface area contributed by atoms with E-state index >= 15 is 0 Å². The van der Waals surface area contributed by atoms with Gasteiger partial charge < -0.3 is 18.9 Å². The summed E-state index contributed by atoms with van der Waals surface area (Å²) in [5.41, 5.74) is 0. The van der Waals surface area contributed by atoms with Gasteiger partial charge in [-0.05, 0) is 12.3 Å². The number of ether oxygens (including phenoxy) is 4. The normalized spacial score (nSPS) is 12.2. The highest BCUT2D eigenvalue weighted by atomic mass is 16.6. The highest BCUT2D eigenvalue weighted by Gasteiger charge is 2.11. The van der Waals surface area contributed by atoms with Crippen LogP contribution in [-0.4, -0.2) is 52.7 Å². The van der Waals surface area contributed by atoms with Crippen LogP contribution in [0.1, 0.15) is 123 Å². The van der Waals surface area contributed by atoms with Gasteiger partial charge in [0, 0.05) is 7.11 Å². The number of hydrogen-bond donors (Lipinski definition) is 0. The number of esters is 1. The maximum Gasteiger partial charge on any atom is 0.332 e. The van der Waals surface area contributed by atoms with Crippen molar-refractivity contribution in [2.45, 2.75) is 123 Å². The van der Waals surface area contributed by atoms with E-state index in [4.69, 9.17) is 18.9 Å². The predicted molar refractivity (Wildman–Crippen MR) is 138 cm³/mol. The second-order valence-electron chi connectivity index (χ2n) is 9.35. The molecular formula is C28H56O5. The van der Waals surface area contributed by atoms with Crippen molar-refractivity contribution in [2.24, 2.45) is 5.92 Å². The highest BCUT2D eigenvalue weighted by Crippen LogP contribution is 2.22.